The van der Waals surface area contributed by atoms with Crippen LogP contribution in [0.2, 0.25) is 0 Å². The molecule has 1 saturated heterocycles. The zero-order valence-electron chi connectivity index (χ0n) is 19.2. The monoisotopic (exact) mass is 477 g/mol. The molecule has 0 aliphatic carbocycles. The van der Waals surface area contributed by atoms with Gasteiger partial charge in [-0.25, -0.2) is 9.50 Å². The van der Waals surface area contributed by atoms with Gasteiger partial charge < -0.3 is 19.7 Å². The Morgan fingerprint density at radius 3 is 2.56 bits per heavy atom. The Bertz CT molecular complexity index is 1240. The van der Waals surface area contributed by atoms with Crippen molar-refractivity contribution >= 4 is 27.3 Å². The fourth-order valence-corrected chi connectivity index (χ4v) is 5.16. The van der Waals surface area contributed by atoms with Crippen molar-refractivity contribution < 1.29 is 14.3 Å². The molecule has 34 heavy (non-hydrogen) atoms. The fourth-order valence-electron chi connectivity index (χ4n) is 4.23. The van der Waals surface area contributed by atoms with Gasteiger partial charge >= 0.3 is 0 Å². The number of fused-ring (bicyclic) bond motifs is 1. The second-order valence-corrected chi connectivity index (χ2v) is 9.19. The molecule has 3 heterocycles. The normalized spacial score (nSPS) is 14.4. The second-order valence-electron chi connectivity index (χ2n) is 8.26. The number of hydrogen-bond donors (Lipinski definition) is 1. The van der Waals surface area contributed by atoms with Crippen LogP contribution in [-0.4, -0.2) is 47.8 Å². The van der Waals surface area contributed by atoms with E-state index in [1.807, 2.05) is 59.2 Å². The molecule has 1 aliphatic rings. The van der Waals surface area contributed by atoms with Gasteiger partial charge in [-0.1, -0.05) is 29.5 Å². The Labute approximate surface area is 202 Å². The molecule has 1 aliphatic heterocycles. The average Bonchev–Trinajstić information content (AvgIpc) is 3.47. The number of anilines is 1. The van der Waals surface area contributed by atoms with Crippen LogP contribution in [0.25, 0.3) is 16.2 Å². The minimum absolute atomic E-state index is 0.0108. The highest BCUT2D eigenvalue weighted by Gasteiger charge is 2.27. The third kappa shape index (κ3) is 4.56. The van der Waals surface area contributed by atoms with E-state index in [9.17, 15) is 4.79 Å². The van der Waals surface area contributed by atoms with Crippen LogP contribution < -0.4 is 19.7 Å². The third-order valence-electron chi connectivity index (χ3n) is 6.20. The van der Waals surface area contributed by atoms with E-state index in [0.717, 1.165) is 64.3 Å². The molecule has 0 unspecified atom stereocenters. The molecule has 0 bridgehead atoms. The van der Waals surface area contributed by atoms with Gasteiger partial charge in [-0.15, -0.1) is 5.10 Å². The summed E-state index contributed by atoms with van der Waals surface area (Å²) in [6.45, 7) is 2.08. The van der Waals surface area contributed by atoms with Crippen molar-refractivity contribution in [3.8, 4) is 22.8 Å². The average molecular weight is 478 g/mol. The van der Waals surface area contributed by atoms with Gasteiger partial charge in [0.05, 0.1) is 26.1 Å². The standard InChI is InChI=1S/C25H27N5O3S/c1-32-20-9-7-17(8-10-20)21-16-30-24(27-21)34-25(28-30)29-13-11-18(12-14-29)23(31)26-15-19-5-3-4-6-22(19)33-2/h3-10,16,18H,11-15H2,1-2H3,(H,26,31). The van der Waals surface area contributed by atoms with Gasteiger partial charge in [-0.2, -0.15) is 0 Å². The molecule has 2 aromatic heterocycles. The summed E-state index contributed by atoms with van der Waals surface area (Å²) in [6, 6.07) is 15.6. The Hall–Kier alpha value is -3.59. The quantitative estimate of drug-likeness (QED) is 0.433. The molecule has 8 nitrogen and oxygen atoms in total. The van der Waals surface area contributed by atoms with Crippen molar-refractivity contribution in [2.45, 2.75) is 19.4 Å². The van der Waals surface area contributed by atoms with Crippen LogP contribution in [0, 0.1) is 5.92 Å². The summed E-state index contributed by atoms with van der Waals surface area (Å²) < 4.78 is 12.4. The first-order chi connectivity index (χ1) is 16.6. The molecule has 176 valence electrons. The van der Waals surface area contributed by atoms with Gasteiger partial charge in [0.1, 0.15) is 11.5 Å². The van der Waals surface area contributed by atoms with Crippen LogP contribution >= 0.6 is 11.3 Å². The number of rotatable bonds is 7. The predicted octanol–water partition coefficient (Wildman–Crippen LogP) is 4.01. The maximum atomic E-state index is 12.7. The summed E-state index contributed by atoms with van der Waals surface area (Å²) in [5, 5.41) is 8.75. The molecule has 1 N–H and O–H groups in total. The van der Waals surface area contributed by atoms with Gasteiger partial charge in [-0.3, -0.25) is 4.79 Å². The molecule has 0 spiro atoms. The first-order valence-corrected chi connectivity index (χ1v) is 12.1. The van der Waals surface area contributed by atoms with E-state index in [0.29, 0.717) is 6.54 Å². The minimum Gasteiger partial charge on any atom is -0.497 e. The van der Waals surface area contributed by atoms with Crippen LogP contribution in [-0.2, 0) is 11.3 Å². The van der Waals surface area contributed by atoms with Crippen LogP contribution in [0.5, 0.6) is 11.5 Å². The number of piperidine rings is 1. The van der Waals surface area contributed by atoms with Crippen LogP contribution in [0.3, 0.4) is 0 Å². The number of nitrogens with one attached hydrogen (secondary N) is 1. The molecular formula is C25H27N5O3S. The van der Waals surface area contributed by atoms with Crippen molar-refractivity contribution in [2.24, 2.45) is 5.92 Å². The number of amides is 1. The van der Waals surface area contributed by atoms with Gasteiger partial charge in [0, 0.05) is 36.7 Å². The van der Waals surface area contributed by atoms with Crippen molar-refractivity contribution in [2.75, 3.05) is 32.2 Å². The minimum atomic E-state index is 0.0108. The smallest absolute Gasteiger partial charge is 0.223 e. The first kappa shape index (κ1) is 22.2. The summed E-state index contributed by atoms with van der Waals surface area (Å²) in [4.78, 5) is 20.6. The number of imidazole rings is 1. The lowest BCUT2D eigenvalue weighted by atomic mass is 9.96. The number of nitrogens with zero attached hydrogens (tertiary/aromatic N) is 4. The lowest BCUT2D eigenvalue weighted by molar-refractivity contribution is -0.125. The highest BCUT2D eigenvalue weighted by Crippen LogP contribution is 2.30. The number of carbonyl (C=O) groups is 1. The number of aromatic nitrogens is 3. The molecule has 4 aromatic rings. The first-order valence-electron chi connectivity index (χ1n) is 11.3. The Morgan fingerprint density at radius 1 is 1.09 bits per heavy atom. The van der Waals surface area contributed by atoms with E-state index in [1.54, 1.807) is 25.6 Å². The largest absolute Gasteiger partial charge is 0.497 e. The van der Waals surface area contributed by atoms with E-state index < -0.39 is 0 Å². The molecule has 1 amide bonds. The molecule has 0 atom stereocenters. The van der Waals surface area contributed by atoms with Crippen molar-refractivity contribution in [1.82, 2.24) is 19.9 Å². The molecule has 1 fully saturated rings. The Morgan fingerprint density at radius 2 is 1.85 bits per heavy atom. The topological polar surface area (TPSA) is 81.0 Å². The van der Waals surface area contributed by atoms with Gasteiger partial charge in [0.15, 0.2) is 0 Å². The fraction of sp³-hybridized carbons (Fsp3) is 0.320. The van der Waals surface area contributed by atoms with E-state index in [2.05, 4.69) is 10.2 Å². The van der Waals surface area contributed by atoms with E-state index >= 15 is 0 Å². The third-order valence-corrected chi connectivity index (χ3v) is 7.18. The summed E-state index contributed by atoms with van der Waals surface area (Å²) in [5.41, 5.74) is 2.90. The maximum Gasteiger partial charge on any atom is 0.223 e. The van der Waals surface area contributed by atoms with E-state index in [4.69, 9.17) is 19.6 Å². The number of carbonyl (C=O) groups excluding carboxylic acids is 1. The van der Waals surface area contributed by atoms with Crippen LogP contribution in [0.4, 0.5) is 5.13 Å². The zero-order valence-corrected chi connectivity index (χ0v) is 20.0. The molecule has 9 heteroatoms. The van der Waals surface area contributed by atoms with Crippen LogP contribution in [0.1, 0.15) is 18.4 Å². The summed E-state index contributed by atoms with van der Waals surface area (Å²) in [5.74, 6) is 1.73. The van der Waals surface area contributed by atoms with Crippen molar-refractivity contribution in [3.63, 3.8) is 0 Å². The molecule has 5 rings (SSSR count). The summed E-state index contributed by atoms with van der Waals surface area (Å²) >= 11 is 1.58. The van der Waals surface area contributed by atoms with Gasteiger partial charge in [0.25, 0.3) is 0 Å². The number of ether oxygens (including phenoxy) is 2. The molecule has 2 aromatic carbocycles. The number of hydrogen-bond acceptors (Lipinski definition) is 7. The lowest BCUT2D eigenvalue weighted by Crippen LogP contribution is -2.40. The molecular weight excluding hydrogens is 450 g/mol. The highest BCUT2D eigenvalue weighted by molar-refractivity contribution is 7.20. The Kier molecular flexibility index (Phi) is 6.35. The maximum absolute atomic E-state index is 12.7. The second kappa shape index (κ2) is 9.72. The zero-order chi connectivity index (χ0) is 23.5. The van der Waals surface area contributed by atoms with Gasteiger partial charge in [-0.05, 0) is 43.2 Å². The van der Waals surface area contributed by atoms with Crippen molar-refractivity contribution in [3.05, 3.63) is 60.3 Å². The summed E-state index contributed by atoms with van der Waals surface area (Å²) in [6.07, 6.45) is 3.56. The van der Waals surface area contributed by atoms with Crippen molar-refractivity contribution in [1.29, 1.82) is 0 Å². The van der Waals surface area contributed by atoms with Gasteiger partial charge in [0.2, 0.25) is 16.0 Å². The lowest BCUT2D eigenvalue weighted by Gasteiger charge is -2.30. The number of para-hydroxylation sites is 1. The van der Waals surface area contributed by atoms with E-state index in [1.165, 1.54) is 0 Å². The van der Waals surface area contributed by atoms with Crippen LogP contribution in [0.15, 0.2) is 54.7 Å². The van der Waals surface area contributed by atoms with E-state index in [-0.39, 0.29) is 11.8 Å². The molecule has 0 radical (unpaired) electrons. The predicted molar refractivity (Wildman–Crippen MR) is 133 cm³/mol. The number of methoxy groups -OCH3 is 2. The highest BCUT2D eigenvalue weighted by atomic mass is 32.1. The Balaban J connectivity index is 1.17. The number of benzene rings is 2. The SMILES string of the molecule is COc1ccc(-c2cn3nc(N4CCC(C(=O)NCc5ccccc5OC)CC4)sc3n2)cc1. The summed E-state index contributed by atoms with van der Waals surface area (Å²) in [7, 11) is 3.30. The molecule has 0 saturated carbocycles.